The number of hydrogen-bond acceptors (Lipinski definition) is 5. The van der Waals surface area contributed by atoms with Gasteiger partial charge in [-0.05, 0) is 50.3 Å². The smallest absolute Gasteiger partial charge is 0.370 e. The molecule has 156 valence electrons. The molecule has 0 unspecified atom stereocenters. The molecule has 1 aliphatic heterocycles. The molecule has 1 aromatic heterocycles. The number of benzene rings is 1. The lowest BCUT2D eigenvalue weighted by Crippen LogP contribution is -2.30. The molecule has 2 heterocycles. The summed E-state index contributed by atoms with van der Waals surface area (Å²) in [5.74, 6) is -0.306. The third-order valence-electron chi connectivity index (χ3n) is 5.11. The van der Waals surface area contributed by atoms with Gasteiger partial charge in [-0.3, -0.25) is 4.79 Å². The maximum atomic E-state index is 13.2. The predicted octanol–water partition coefficient (Wildman–Crippen LogP) is 4.35. The van der Waals surface area contributed by atoms with Gasteiger partial charge in [0, 0.05) is 19.1 Å². The highest BCUT2D eigenvalue weighted by Gasteiger charge is 2.32. The van der Waals surface area contributed by atoms with Gasteiger partial charge in [0.05, 0.1) is 22.7 Å². The fourth-order valence-corrected chi connectivity index (χ4v) is 4.26. The van der Waals surface area contributed by atoms with E-state index in [1.807, 2.05) is 9.47 Å². The minimum Gasteiger partial charge on any atom is -0.370 e. The third-order valence-corrected chi connectivity index (χ3v) is 6.06. The van der Waals surface area contributed by atoms with Crippen molar-refractivity contribution in [1.82, 2.24) is 14.8 Å². The van der Waals surface area contributed by atoms with Crippen LogP contribution in [0.1, 0.15) is 43.7 Å². The van der Waals surface area contributed by atoms with Gasteiger partial charge in [0.1, 0.15) is 6.33 Å². The summed E-state index contributed by atoms with van der Waals surface area (Å²) >= 11 is 1.24. The Morgan fingerprint density at radius 1 is 1.21 bits per heavy atom. The number of piperidine rings is 1. The first kappa shape index (κ1) is 20.1. The lowest BCUT2D eigenvalue weighted by atomic mass is 10.1. The van der Waals surface area contributed by atoms with E-state index in [0.717, 1.165) is 57.3 Å². The summed E-state index contributed by atoms with van der Waals surface area (Å²) in [6.45, 7) is 1.54. The van der Waals surface area contributed by atoms with E-state index in [4.69, 9.17) is 0 Å². The van der Waals surface area contributed by atoms with Crippen molar-refractivity contribution in [3.63, 3.8) is 0 Å². The molecule has 2 fully saturated rings. The molecule has 0 spiro atoms. The molecule has 6 nitrogen and oxygen atoms in total. The Balaban J connectivity index is 1.48. The summed E-state index contributed by atoms with van der Waals surface area (Å²) in [4.78, 5) is 14.5. The van der Waals surface area contributed by atoms with Crippen LogP contribution in [0.5, 0.6) is 0 Å². The fourth-order valence-electron chi connectivity index (χ4n) is 3.48. The zero-order valence-corrected chi connectivity index (χ0v) is 16.6. The van der Waals surface area contributed by atoms with E-state index in [1.54, 1.807) is 6.33 Å². The minimum atomic E-state index is -4.46. The first-order valence-corrected chi connectivity index (χ1v) is 10.7. The second kappa shape index (κ2) is 8.25. The van der Waals surface area contributed by atoms with Crippen molar-refractivity contribution in [1.29, 1.82) is 0 Å². The van der Waals surface area contributed by atoms with Gasteiger partial charge in [-0.25, -0.2) is 0 Å². The first-order valence-electron chi connectivity index (χ1n) is 9.70. The summed E-state index contributed by atoms with van der Waals surface area (Å²) < 4.78 is 41.5. The number of amides is 1. The van der Waals surface area contributed by atoms with Gasteiger partial charge in [-0.1, -0.05) is 11.8 Å². The number of nitrogens with zero attached hydrogens (tertiary/aromatic N) is 4. The maximum absolute atomic E-state index is 13.2. The molecule has 1 amide bonds. The van der Waals surface area contributed by atoms with E-state index in [-0.39, 0.29) is 17.3 Å². The zero-order chi connectivity index (χ0) is 20.4. The molecule has 29 heavy (non-hydrogen) atoms. The van der Waals surface area contributed by atoms with E-state index in [1.165, 1.54) is 17.8 Å². The number of thioether (sulfide) groups is 1. The van der Waals surface area contributed by atoms with Crippen LogP contribution in [0.25, 0.3) is 0 Å². The summed E-state index contributed by atoms with van der Waals surface area (Å²) in [6, 6.07) is 3.96. The van der Waals surface area contributed by atoms with Crippen molar-refractivity contribution >= 4 is 29.0 Å². The number of rotatable bonds is 6. The Kier molecular flexibility index (Phi) is 5.71. The quantitative estimate of drug-likeness (QED) is 0.697. The Bertz CT molecular complexity index is 875. The highest BCUT2D eigenvalue weighted by atomic mass is 32.2. The van der Waals surface area contributed by atoms with E-state index >= 15 is 0 Å². The highest BCUT2D eigenvalue weighted by molar-refractivity contribution is 7.99. The molecule has 0 atom stereocenters. The van der Waals surface area contributed by atoms with E-state index < -0.39 is 11.7 Å². The number of carbonyl (C=O) groups is 1. The molecule has 1 saturated heterocycles. The second-order valence-corrected chi connectivity index (χ2v) is 8.31. The van der Waals surface area contributed by atoms with Gasteiger partial charge in [-0.15, -0.1) is 10.2 Å². The molecule has 0 bridgehead atoms. The van der Waals surface area contributed by atoms with Crippen LogP contribution in [-0.2, 0) is 11.0 Å². The molecule has 0 radical (unpaired) electrons. The van der Waals surface area contributed by atoms with Crippen LogP contribution in [-0.4, -0.2) is 39.5 Å². The van der Waals surface area contributed by atoms with Crippen LogP contribution in [0.3, 0.4) is 0 Å². The molecule has 10 heteroatoms. The third kappa shape index (κ3) is 4.85. The molecule has 1 saturated carbocycles. The number of halogens is 3. The number of aromatic nitrogens is 3. The van der Waals surface area contributed by atoms with E-state index in [0.29, 0.717) is 16.9 Å². The van der Waals surface area contributed by atoms with Gasteiger partial charge >= 0.3 is 6.18 Å². The number of alkyl halides is 3. The van der Waals surface area contributed by atoms with Crippen molar-refractivity contribution in [2.24, 2.45) is 0 Å². The summed E-state index contributed by atoms with van der Waals surface area (Å²) in [6.07, 6.45) is 2.41. The van der Waals surface area contributed by atoms with Crippen molar-refractivity contribution in [3.8, 4) is 0 Å². The number of nitrogens with one attached hydrogen (secondary N) is 1. The van der Waals surface area contributed by atoms with Gasteiger partial charge in [0.15, 0.2) is 5.16 Å². The average Bonchev–Trinajstić information content (AvgIpc) is 3.44. The van der Waals surface area contributed by atoms with E-state index in [9.17, 15) is 18.0 Å². The standard InChI is InChI=1S/C19H22F3N5OS/c20-19(21,22)13-4-7-16(26-8-2-1-3-9-26)15(10-13)24-17(28)11-29-18-25-23-12-27(18)14-5-6-14/h4,7,10,12,14H,1-3,5-6,8-9,11H2,(H,24,28). The largest absolute Gasteiger partial charge is 0.416 e. The lowest BCUT2D eigenvalue weighted by molar-refractivity contribution is -0.137. The monoisotopic (exact) mass is 425 g/mol. The Hall–Kier alpha value is -2.23. The Labute approximate surface area is 170 Å². The normalized spacial score (nSPS) is 17.4. The molecule has 2 aliphatic rings. The van der Waals surface area contributed by atoms with E-state index in [2.05, 4.69) is 15.5 Å². The topological polar surface area (TPSA) is 63.1 Å². The van der Waals surface area contributed by atoms with Crippen molar-refractivity contribution in [2.45, 2.75) is 49.5 Å². The highest BCUT2D eigenvalue weighted by Crippen LogP contribution is 2.38. The molecule has 4 rings (SSSR count). The van der Waals surface area contributed by atoms with Crippen molar-refractivity contribution < 1.29 is 18.0 Å². The average molecular weight is 425 g/mol. The minimum absolute atomic E-state index is 0.0566. The lowest BCUT2D eigenvalue weighted by Gasteiger charge is -2.31. The van der Waals surface area contributed by atoms with Gasteiger partial charge in [0.25, 0.3) is 0 Å². The first-order chi connectivity index (χ1) is 13.9. The fraction of sp³-hybridized carbons (Fsp3) is 0.526. The molecular weight excluding hydrogens is 403 g/mol. The van der Waals surface area contributed by atoms with Crippen molar-refractivity contribution in [2.75, 3.05) is 29.1 Å². The van der Waals surface area contributed by atoms with Crippen molar-refractivity contribution in [3.05, 3.63) is 30.1 Å². The van der Waals surface area contributed by atoms with Crippen LogP contribution in [0, 0.1) is 0 Å². The number of hydrogen-bond donors (Lipinski definition) is 1. The van der Waals surface area contributed by atoms with Gasteiger partial charge in [-0.2, -0.15) is 13.2 Å². The van der Waals surface area contributed by atoms with Crippen LogP contribution in [0.2, 0.25) is 0 Å². The van der Waals surface area contributed by atoms with Crippen LogP contribution >= 0.6 is 11.8 Å². The summed E-state index contributed by atoms with van der Waals surface area (Å²) in [7, 11) is 0. The molecule has 1 aliphatic carbocycles. The molecule has 1 aromatic carbocycles. The van der Waals surface area contributed by atoms with Crippen LogP contribution in [0.4, 0.5) is 24.5 Å². The predicted molar refractivity (Wildman–Crippen MR) is 105 cm³/mol. The number of carbonyl (C=O) groups excluding carboxylic acids is 1. The molecule has 2 aromatic rings. The van der Waals surface area contributed by atoms with Gasteiger partial charge in [0.2, 0.25) is 5.91 Å². The molecule has 1 N–H and O–H groups in total. The van der Waals surface area contributed by atoms with Crippen LogP contribution in [0.15, 0.2) is 29.7 Å². The zero-order valence-electron chi connectivity index (χ0n) is 15.8. The van der Waals surface area contributed by atoms with Gasteiger partial charge < -0.3 is 14.8 Å². The molecular formula is C19H22F3N5OS. The van der Waals surface area contributed by atoms with Crippen LogP contribution < -0.4 is 10.2 Å². The Morgan fingerprint density at radius 3 is 2.66 bits per heavy atom. The summed E-state index contributed by atoms with van der Waals surface area (Å²) in [5.41, 5.74) is 0.0721. The summed E-state index contributed by atoms with van der Waals surface area (Å²) in [5, 5.41) is 11.3. The maximum Gasteiger partial charge on any atom is 0.416 e. The Morgan fingerprint density at radius 2 is 1.97 bits per heavy atom. The number of anilines is 2. The SMILES string of the molecule is O=C(CSc1nncn1C1CC1)Nc1cc(C(F)(F)F)ccc1N1CCCCC1. The second-order valence-electron chi connectivity index (χ2n) is 7.37.